The van der Waals surface area contributed by atoms with E-state index < -0.39 is 75.0 Å². The Balaban J connectivity index is 1.62. The molecular weight excluding hydrogens is 645 g/mol. The molecule has 2 fully saturated rings. The van der Waals surface area contributed by atoms with Gasteiger partial charge in [0.1, 0.15) is 29.9 Å². The predicted octanol–water partition coefficient (Wildman–Crippen LogP) is 6.84. The van der Waals surface area contributed by atoms with E-state index in [-0.39, 0.29) is 54.5 Å². The SMILES string of the molecule is Cc1cc(N)nc(-c2c(Cl)c3c4c(nc(OC[C@@]56CCCN5C[C@H](F)C6)nc4c2F)N(C)C(C(F)F)C(C)(C)CO3)c1C(F)(F)F. The Morgan fingerprint density at radius 3 is 2.61 bits per heavy atom. The van der Waals surface area contributed by atoms with Crippen molar-refractivity contribution in [1.82, 2.24) is 19.9 Å². The van der Waals surface area contributed by atoms with Crippen LogP contribution in [0.2, 0.25) is 5.02 Å². The van der Waals surface area contributed by atoms with E-state index in [1.807, 2.05) is 4.90 Å². The summed E-state index contributed by atoms with van der Waals surface area (Å²) in [7, 11) is 1.34. The van der Waals surface area contributed by atoms with Crippen LogP contribution in [0.1, 0.15) is 44.2 Å². The van der Waals surface area contributed by atoms with Crippen molar-refractivity contribution in [2.24, 2.45) is 5.41 Å². The molecule has 1 aromatic carbocycles. The molecule has 0 bridgehead atoms. The highest BCUT2D eigenvalue weighted by molar-refractivity contribution is 6.36. The second-order valence-electron chi connectivity index (χ2n) is 13.0. The van der Waals surface area contributed by atoms with Crippen molar-refractivity contribution in [2.45, 2.75) is 70.4 Å². The van der Waals surface area contributed by atoms with Gasteiger partial charge in [0.25, 0.3) is 6.43 Å². The first kappa shape index (κ1) is 32.6. The van der Waals surface area contributed by atoms with Gasteiger partial charge in [-0.2, -0.15) is 23.1 Å². The van der Waals surface area contributed by atoms with E-state index in [2.05, 4.69) is 15.0 Å². The molecule has 5 heterocycles. The van der Waals surface area contributed by atoms with Crippen molar-refractivity contribution < 1.29 is 40.2 Å². The monoisotopic (exact) mass is 676 g/mol. The van der Waals surface area contributed by atoms with E-state index in [0.717, 1.165) is 24.3 Å². The minimum atomic E-state index is -4.99. The van der Waals surface area contributed by atoms with Crippen LogP contribution in [0.4, 0.5) is 42.4 Å². The van der Waals surface area contributed by atoms with Gasteiger partial charge >= 0.3 is 12.2 Å². The number of aryl methyl sites for hydroxylation is 1. The first-order valence-corrected chi connectivity index (χ1v) is 15.1. The third kappa shape index (κ3) is 5.23. The molecule has 3 aliphatic rings. The number of halogens is 8. The zero-order valence-corrected chi connectivity index (χ0v) is 26.2. The Bertz CT molecular complexity index is 1710. The maximum atomic E-state index is 16.8. The number of fused-ring (bicyclic) bond motifs is 1. The minimum absolute atomic E-state index is 0.0779. The number of anilines is 2. The lowest BCUT2D eigenvalue weighted by Crippen LogP contribution is -2.52. The molecule has 1 unspecified atom stereocenters. The highest BCUT2D eigenvalue weighted by Gasteiger charge is 2.50. The number of nitrogens with two attached hydrogens (primary N) is 1. The van der Waals surface area contributed by atoms with E-state index in [4.69, 9.17) is 26.8 Å². The number of rotatable bonds is 5. The van der Waals surface area contributed by atoms with Crippen LogP contribution in [0, 0.1) is 18.2 Å². The second kappa shape index (κ2) is 11.1. The summed E-state index contributed by atoms with van der Waals surface area (Å²) >= 11 is 6.68. The number of alkyl halides is 6. The molecule has 3 aromatic rings. The highest BCUT2D eigenvalue weighted by atomic mass is 35.5. The molecule has 2 aromatic heterocycles. The predicted molar refractivity (Wildman–Crippen MR) is 158 cm³/mol. The van der Waals surface area contributed by atoms with Crippen LogP contribution in [0.25, 0.3) is 22.2 Å². The molecule has 2 saturated heterocycles. The summed E-state index contributed by atoms with van der Waals surface area (Å²) in [6.07, 6.45) is -7.35. The number of aromatic nitrogens is 3. The van der Waals surface area contributed by atoms with E-state index >= 15 is 4.39 Å². The topological polar surface area (TPSA) is 89.6 Å². The maximum Gasteiger partial charge on any atom is 0.418 e. The van der Waals surface area contributed by atoms with Crippen LogP contribution in [0.15, 0.2) is 6.07 Å². The van der Waals surface area contributed by atoms with E-state index in [9.17, 15) is 26.3 Å². The smallest absolute Gasteiger partial charge is 0.418 e. The fourth-order valence-electron chi connectivity index (χ4n) is 7.29. The number of hydrogen-bond donors (Lipinski definition) is 1. The van der Waals surface area contributed by atoms with Crippen molar-refractivity contribution in [3.63, 3.8) is 0 Å². The summed E-state index contributed by atoms with van der Waals surface area (Å²) in [6.45, 7) is 4.63. The standard InChI is InChI=1S/C30H32ClF7N6O2/c1-13-8-15(39)40-21(18(13)30(36,37)38)16-19(31)23-17-22(20(16)33)41-27(46-12-29-6-5-7-44(29)10-14(32)9-29)42-26(17)43(4)24(25(34)35)28(2,3)11-45-23/h8,14,24-25H,5-7,9-12H2,1-4H3,(H2,39,40)/t14-,24?,29+/m1/s1. The lowest BCUT2D eigenvalue weighted by Gasteiger charge is -2.42. The second-order valence-corrected chi connectivity index (χ2v) is 13.4. The molecule has 8 nitrogen and oxygen atoms in total. The summed E-state index contributed by atoms with van der Waals surface area (Å²) < 4.78 is 115. The fraction of sp³-hybridized carbons (Fsp3) is 0.567. The number of ether oxygens (including phenoxy) is 2. The number of benzene rings is 1. The summed E-state index contributed by atoms with van der Waals surface area (Å²) in [6, 6.07) is -0.941. The summed E-state index contributed by atoms with van der Waals surface area (Å²) in [5, 5.41) is -0.826. The molecule has 2 N–H and O–H groups in total. The molecule has 46 heavy (non-hydrogen) atoms. The summed E-state index contributed by atoms with van der Waals surface area (Å²) in [5.41, 5.74) is 0.0158. The van der Waals surface area contributed by atoms with Gasteiger partial charge in [0.15, 0.2) is 11.6 Å². The van der Waals surface area contributed by atoms with Crippen LogP contribution in [0.3, 0.4) is 0 Å². The molecule has 6 rings (SSSR count). The minimum Gasteiger partial charge on any atom is -0.490 e. The van der Waals surface area contributed by atoms with Crippen LogP contribution in [0.5, 0.6) is 11.8 Å². The maximum absolute atomic E-state index is 16.8. The number of nitrogen functional groups attached to an aromatic ring is 1. The van der Waals surface area contributed by atoms with Gasteiger partial charge in [0.05, 0.1) is 45.4 Å². The average molecular weight is 677 g/mol. The number of nitrogens with zero attached hydrogens (tertiary/aromatic N) is 5. The lowest BCUT2D eigenvalue weighted by molar-refractivity contribution is -0.137. The third-order valence-electron chi connectivity index (χ3n) is 9.31. The Kier molecular flexibility index (Phi) is 7.89. The molecular formula is C30H32ClF7N6O2. The zero-order chi connectivity index (χ0) is 33.5. The van der Waals surface area contributed by atoms with Crippen molar-refractivity contribution in [1.29, 1.82) is 0 Å². The van der Waals surface area contributed by atoms with Crippen LogP contribution in [-0.2, 0) is 6.18 Å². The van der Waals surface area contributed by atoms with Gasteiger partial charge in [-0.25, -0.2) is 22.5 Å². The van der Waals surface area contributed by atoms with E-state index in [1.165, 1.54) is 20.9 Å². The molecule has 0 saturated carbocycles. The quantitative estimate of drug-likeness (QED) is 0.294. The molecule has 0 amide bonds. The van der Waals surface area contributed by atoms with Gasteiger partial charge in [-0.3, -0.25) is 4.90 Å². The fourth-order valence-corrected chi connectivity index (χ4v) is 7.61. The molecule has 16 heteroatoms. The van der Waals surface area contributed by atoms with Crippen LogP contribution < -0.4 is 20.1 Å². The van der Waals surface area contributed by atoms with Gasteiger partial charge < -0.3 is 20.1 Å². The van der Waals surface area contributed by atoms with Crippen molar-refractivity contribution in [3.05, 3.63) is 28.0 Å². The van der Waals surface area contributed by atoms with Gasteiger partial charge in [0, 0.05) is 25.4 Å². The molecule has 0 spiro atoms. The Hall–Kier alpha value is -3.33. The van der Waals surface area contributed by atoms with Crippen molar-refractivity contribution in [3.8, 4) is 23.0 Å². The van der Waals surface area contributed by atoms with Crippen LogP contribution >= 0.6 is 11.6 Å². The Morgan fingerprint density at radius 2 is 1.93 bits per heavy atom. The summed E-state index contributed by atoms with van der Waals surface area (Å²) in [4.78, 5) is 15.6. The Morgan fingerprint density at radius 1 is 1.22 bits per heavy atom. The molecule has 3 aliphatic heterocycles. The van der Waals surface area contributed by atoms with Gasteiger partial charge in [-0.05, 0) is 37.9 Å². The van der Waals surface area contributed by atoms with Crippen molar-refractivity contribution >= 4 is 34.1 Å². The van der Waals surface area contributed by atoms with E-state index in [0.29, 0.717) is 13.0 Å². The van der Waals surface area contributed by atoms with Crippen LogP contribution in [-0.4, -0.2) is 77.4 Å². The zero-order valence-electron chi connectivity index (χ0n) is 25.4. The average Bonchev–Trinajstić information content (AvgIpc) is 3.45. The van der Waals surface area contributed by atoms with E-state index in [1.54, 1.807) is 0 Å². The third-order valence-corrected chi connectivity index (χ3v) is 9.67. The van der Waals surface area contributed by atoms with Crippen molar-refractivity contribution in [2.75, 3.05) is 44.0 Å². The van der Waals surface area contributed by atoms with Gasteiger partial charge in [-0.15, -0.1) is 0 Å². The normalized spacial score (nSPS) is 24.7. The summed E-state index contributed by atoms with van der Waals surface area (Å²) in [5.74, 6) is -2.20. The number of hydrogen-bond acceptors (Lipinski definition) is 8. The first-order chi connectivity index (χ1) is 21.4. The molecule has 250 valence electrons. The van der Waals surface area contributed by atoms with Gasteiger partial charge in [0.2, 0.25) is 0 Å². The lowest BCUT2D eigenvalue weighted by atomic mass is 9.83. The molecule has 3 atom stereocenters. The first-order valence-electron chi connectivity index (χ1n) is 14.7. The number of pyridine rings is 1. The Labute approximate surface area is 265 Å². The molecule has 0 radical (unpaired) electrons. The highest BCUT2D eigenvalue weighted by Crippen LogP contribution is 2.51. The largest absolute Gasteiger partial charge is 0.490 e. The molecule has 0 aliphatic carbocycles. The van der Waals surface area contributed by atoms with Gasteiger partial charge in [-0.1, -0.05) is 25.4 Å².